The predicted octanol–water partition coefficient (Wildman–Crippen LogP) is 0.667. The van der Waals surface area contributed by atoms with Crippen molar-refractivity contribution in [1.29, 1.82) is 0 Å². The summed E-state index contributed by atoms with van der Waals surface area (Å²) in [6, 6.07) is 0. The summed E-state index contributed by atoms with van der Waals surface area (Å²) in [5.74, 6) is -0.583. The molecule has 3 atom stereocenters. The molecule has 0 unspecified atom stereocenters. The zero-order valence-electron chi connectivity index (χ0n) is 7.93. The summed E-state index contributed by atoms with van der Waals surface area (Å²) >= 11 is 0. The molecule has 1 saturated heterocycles. The Morgan fingerprint density at radius 1 is 1.57 bits per heavy atom. The minimum Gasteiger partial charge on any atom is -0.497 e. The molecule has 2 aliphatic rings. The third kappa shape index (κ3) is 1.31. The molecule has 2 rings (SSSR count). The highest BCUT2D eigenvalue weighted by atomic mass is 16.5. The average Bonchev–Trinajstić information content (AvgIpc) is 2.18. The van der Waals surface area contributed by atoms with Gasteiger partial charge in [0.2, 0.25) is 0 Å². The maximum atomic E-state index is 11.3. The van der Waals surface area contributed by atoms with E-state index in [2.05, 4.69) is 0 Å². The van der Waals surface area contributed by atoms with Crippen LogP contribution in [0.1, 0.15) is 13.3 Å². The van der Waals surface area contributed by atoms with Gasteiger partial charge in [-0.25, -0.2) is 4.79 Å². The molecule has 0 amide bonds. The quantitative estimate of drug-likeness (QED) is 0.457. The molecule has 2 aliphatic heterocycles. The number of hydrogen-bond acceptors (Lipinski definition) is 4. The first-order chi connectivity index (χ1) is 6.74. The first-order valence-electron chi connectivity index (χ1n) is 4.72. The largest absolute Gasteiger partial charge is 0.497 e. The van der Waals surface area contributed by atoms with E-state index < -0.39 is 0 Å². The van der Waals surface area contributed by atoms with E-state index in [-0.39, 0.29) is 23.9 Å². The van der Waals surface area contributed by atoms with Crippen molar-refractivity contribution < 1.29 is 19.1 Å². The number of fused-ring (bicyclic) bond motifs is 1. The molecule has 0 N–H and O–H groups in total. The van der Waals surface area contributed by atoms with Crippen LogP contribution in [0.5, 0.6) is 0 Å². The number of carbonyl (C=O) groups is 2. The van der Waals surface area contributed by atoms with Gasteiger partial charge in [0.05, 0.1) is 24.4 Å². The summed E-state index contributed by atoms with van der Waals surface area (Å²) < 4.78 is 10.1. The van der Waals surface area contributed by atoms with Crippen molar-refractivity contribution >= 4 is 12.3 Å². The van der Waals surface area contributed by atoms with Crippen molar-refractivity contribution in [3.8, 4) is 0 Å². The van der Waals surface area contributed by atoms with Gasteiger partial charge in [-0.1, -0.05) is 0 Å². The summed E-state index contributed by atoms with van der Waals surface area (Å²) in [6.07, 6.45) is 2.89. The zero-order chi connectivity index (χ0) is 10.1. The second-order valence-corrected chi connectivity index (χ2v) is 3.66. The van der Waals surface area contributed by atoms with E-state index >= 15 is 0 Å². The van der Waals surface area contributed by atoms with Crippen molar-refractivity contribution in [2.45, 2.75) is 19.4 Å². The molecule has 4 heteroatoms. The normalized spacial score (nSPS) is 36.2. The molecule has 0 saturated carbocycles. The summed E-state index contributed by atoms with van der Waals surface area (Å²) in [7, 11) is 0. The van der Waals surface area contributed by atoms with Crippen molar-refractivity contribution in [3.63, 3.8) is 0 Å². The fourth-order valence-corrected chi connectivity index (χ4v) is 2.01. The van der Waals surface area contributed by atoms with Crippen LogP contribution < -0.4 is 0 Å². The van der Waals surface area contributed by atoms with Gasteiger partial charge >= 0.3 is 5.97 Å². The first-order valence-corrected chi connectivity index (χ1v) is 4.72. The monoisotopic (exact) mass is 196 g/mol. The third-order valence-electron chi connectivity index (χ3n) is 2.87. The van der Waals surface area contributed by atoms with Crippen molar-refractivity contribution in [3.05, 3.63) is 11.8 Å². The van der Waals surface area contributed by atoms with Crippen LogP contribution in [0.4, 0.5) is 0 Å². The third-order valence-corrected chi connectivity index (χ3v) is 2.87. The summed E-state index contributed by atoms with van der Waals surface area (Å²) in [4.78, 5) is 22.2. The number of aldehydes is 1. The zero-order valence-corrected chi connectivity index (χ0v) is 7.93. The number of esters is 1. The van der Waals surface area contributed by atoms with Crippen LogP contribution in [0.2, 0.25) is 0 Å². The molecule has 0 bridgehead atoms. The van der Waals surface area contributed by atoms with Gasteiger partial charge in [-0.15, -0.1) is 0 Å². The van der Waals surface area contributed by atoms with Gasteiger partial charge in [0.25, 0.3) is 0 Å². The Labute approximate surface area is 81.9 Å². The van der Waals surface area contributed by atoms with Crippen LogP contribution in [0.25, 0.3) is 0 Å². The van der Waals surface area contributed by atoms with E-state index in [1.54, 1.807) is 0 Å². The van der Waals surface area contributed by atoms with E-state index in [9.17, 15) is 9.59 Å². The van der Waals surface area contributed by atoms with Crippen molar-refractivity contribution in [2.24, 2.45) is 11.8 Å². The molecule has 0 aromatic heterocycles. The van der Waals surface area contributed by atoms with E-state index in [1.807, 2.05) is 6.92 Å². The molecule has 0 aliphatic carbocycles. The Hall–Kier alpha value is -1.32. The van der Waals surface area contributed by atoms with E-state index in [0.717, 1.165) is 6.29 Å². The van der Waals surface area contributed by atoms with Crippen LogP contribution in [-0.4, -0.2) is 25.0 Å². The summed E-state index contributed by atoms with van der Waals surface area (Å²) in [5, 5.41) is 0. The molecule has 76 valence electrons. The number of cyclic esters (lactones) is 1. The highest BCUT2D eigenvalue weighted by molar-refractivity contribution is 5.90. The number of ether oxygens (including phenoxy) is 2. The predicted molar refractivity (Wildman–Crippen MR) is 47.3 cm³/mol. The number of carbonyl (C=O) groups excluding carboxylic acids is 2. The van der Waals surface area contributed by atoms with E-state index in [1.165, 1.54) is 6.26 Å². The minimum atomic E-state index is -0.347. The van der Waals surface area contributed by atoms with Crippen LogP contribution in [0.15, 0.2) is 11.8 Å². The maximum Gasteiger partial charge on any atom is 0.337 e. The fraction of sp³-hybridized carbons (Fsp3) is 0.600. The Morgan fingerprint density at radius 2 is 2.36 bits per heavy atom. The summed E-state index contributed by atoms with van der Waals surface area (Å²) in [6.45, 7) is 2.24. The van der Waals surface area contributed by atoms with Gasteiger partial charge in [0, 0.05) is 5.92 Å². The fourth-order valence-electron chi connectivity index (χ4n) is 2.01. The number of rotatable bonds is 1. The van der Waals surface area contributed by atoms with Crippen LogP contribution in [0, 0.1) is 11.8 Å². The molecule has 0 aromatic carbocycles. The minimum absolute atomic E-state index is 0.0162. The highest BCUT2D eigenvalue weighted by Gasteiger charge is 2.39. The lowest BCUT2D eigenvalue weighted by atomic mass is 9.79. The lowest BCUT2D eigenvalue weighted by Gasteiger charge is -2.35. The molecule has 4 nitrogen and oxygen atoms in total. The van der Waals surface area contributed by atoms with E-state index in [4.69, 9.17) is 9.47 Å². The van der Waals surface area contributed by atoms with Gasteiger partial charge in [-0.05, 0) is 13.3 Å². The maximum absolute atomic E-state index is 11.3. The Balaban J connectivity index is 2.29. The smallest absolute Gasteiger partial charge is 0.337 e. The van der Waals surface area contributed by atoms with Crippen LogP contribution >= 0.6 is 0 Å². The molecule has 2 heterocycles. The first kappa shape index (κ1) is 9.24. The second-order valence-electron chi connectivity index (χ2n) is 3.66. The Bertz CT molecular complexity index is 294. The van der Waals surface area contributed by atoms with Gasteiger partial charge in [-0.3, -0.25) is 0 Å². The molecule has 0 radical (unpaired) electrons. The van der Waals surface area contributed by atoms with Gasteiger partial charge in [-0.2, -0.15) is 0 Å². The molecule has 1 fully saturated rings. The lowest BCUT2D eigenvalue weighted by molar-refractivity contribution is -0.145. The molecular formula is C10H12O4. The molecular weight excluding hydrogens is 184 g/mol. The second kappa shape index (κ2) is 3.44. The average molecular weight is 196 g/mol. The molecule has 0 aromatic rings. The van der Waals surface area contributed by atoms with Gasteiger partial charge < -0.3 is 14.3 Å². The standard InChI is InChI=1S/C10H12O4/c1-6-8(4-11)7-2-3-13-10(12)9(7)5-14-6/h4-8H,2-3H2,1H3/t6-,7-,8+/m0/s1. The Morgan fingerprint density at radius 3 is 3.07 bits per heavy atom. The summed E-state index contributed by atoms with van der Waals surface area (Å²) in [5.41, 5.74) is 0.506. The van der Waals surface area contributed by atoms with Crippen molar-refractivity contribution in [2.75, 3.05) is 6.61 Å². The van der Waals surface area contributed by atoms with Gasteiger partial charge in [0.1, 0.15) is 12.4 Å². The van der Waals surface area contributed by atoms with Gasteiger partial charge in [0.15, 0.2) is 0 Å². The van der Waals surface area contributed by atoms with Crippen LogP contribution in [0.3, 0.4) is 0 Å². The van der Waals surface area contributed by atoms with Crippen LogP contribution in [-0.2, 0) is 19.1 Å². The lowest BCUT2D eigenvalue weighted by Crippen LogP contribution is -2.39. The Kier molecular flexibility index (Phi) is 2.27. The molecule has 0 spiro atoms. The van der Waals surface area contributed by atoms with E-state index in [0.29, 0.717) is 18.6 Å². The SMILES string of the molecule is C[C@@H]1OC=C2C(=O)OCC[C@H]2[C@@H]1C=O. The highest BCUT2D eigenvalue weighted by Crippen LogP contribution is 2.34. The molecule has 14 heavy (non-hydrogen) atoms. The number of hydrogen-bond donors (Lipinski definition) is 0. The topological polar surface area (TPSA) is 52.6 Å². The van der Waals surface area contributed by atoms with Crippen molar-refractivity contribution in [1.82, 2.24) is 0 Å².